The summed E-state index contributed by atoms with van der Waals surface area (Å²) in [5, 5.41) is 2.85. The SMILES string of the molecule is CC(CN)CNC(=O)C1CCN(S(=O)(=O)c2ccccc2F)CC1. The topological polar surface area (TPSA) is 92.5 Å². The minimum Gasteiger partial charge on any atom is -0.356 e. The average Bonchev–Trinajstić information content (AvgIpc) is 2.59. The van der Waals surface area contributed by atoms with Gasteiger partial charge >= 0.3 is 0 Å². The molecule has 1 saturated heterocycles. The molecule has 1 heterocycles. The summed E-state index contributed by atoms with van der Waals surface area (Å²) in [4.78, 5) is 11.8. The molecule has 1 aromatic rings. The Hall–Kier alpha value is -1.51. The minimum absolute atomic E-state index is 0.0711. The van der Waals surface area contributed by atoms with Crippen LogP contribution in [0.25, 0.3) is 0 Å². The fourth-order valence-electron chi connectivity index (χ4n) is 2.65. The first-order valence-electron chi connectivity index (χ1n) is 8.08. The van der Waals surface area contributed by atoms with Gasteiger partial charge in [-0.25, -0.2) is 12.8 Å². The summed E-state index contributed by atoms with van der Waals surface area (Å²) in [6, 6.07) is 5.34. The summed E-state index contributed by atoms with van der Waals surface area (Å²) in [6.45, 7) is 3.38. The van der Waals surface area contributed by atoms with Crippen molar-refractivity contribution < 1.29 is 17.6 Å². The van der Waals surface area contributed by atoms with Gasteiger partial charge in [-0.3, -0.25) is 4.79 Å². The number of nitrogens with two attached hydrogens (primary N) is 1. The fraction of sp³-hybridized carbons (Fsp3) is 0.562. The summed E-state index contributed by atoms with van der Waals surface area (Å²) < 4.78 is 40.0. The molecule has 1 aliphatic heterocycles. The van der Waals surface area contributed by atoms with Gasteiger partial charge in [0.15, 0.2) is 0 Å². The number of nitrogens with zero attached hydrogens (tertiary/aromatic N) is 1. The van der Waals surface area contributed by atoms with Crippen molar-refractivity contribution >= 4 is 15.9 Å². The third-order valence-corrected chi connectivity index (χ3v) is 6.24. The molecule has 6 nitrogen and oxygen atoms in total. The highest BCUT2D eigenvalue weighted by Gasteiger charge is 2.33. The van der Waals surface area contributed by atoms with E-state index in [0.29, 0.717) is 25.9 Å². The number of benzene rings is 1. The molecule has 8 heteroatoms. The number of rotatable bonds is 6. The van der Waals surface area contributed by atoms with Crippen LogP contribution < -0.4 is 11.1 Å². The Morgan fingerprint density at radius 3 is 2.58 bits per heavy atom. The Kier molecular flexibility index (Phi) is 6.31. The molecule has 0 bridgehead atoms. The third kappa shape index (κ3) is 4.31. The molecular weight excluding hydrogens is 333 g/mol. The van der Waals surface area contributed by atoms with Gasteiger partial charge < -0.3 is 11.1 Å². The summed E-state index contributed by atoms with van der Waals surface area (Å²) >= 11 is 0. The summed E-state index contributed by atoms with van der Waals surface area (Å²) in [6.07, 6.45) is 0.854. The van der Waals surface area contributed by atoms with Gasteiger partial charge in [0.25, 0.3) is 0 Å². The molecule has 1 unspecified atom stereocenters. The van der Waals surface area contributed by atoms with Gasteiger partial charge in [-0.1, -0.05) is 19.1 Å². The normalized spacial score (nSPS) is 18.3. The lowest BCUT2D eigenvalue weighted by atomic mass is 9.97. The Balaban J connectivity index is 1.95. The fourth-order valence-corrected chi connectivity index (χ4v) is 4.19. The largest absolute Gasteiger partial charge is 0.356 e. The zero-order chi connectivity index (χ0) is 17.7. The van der Waals surface area contributed by atoms with Gasteiger partial charge in [0, 0.05) is 25.6 Å². The molecule has 3 N–H and O–H groups in total. The first kappa shape index (κ1) is 18.8. The summed E-state index contributed by atoms with van der Waals surface area (Å²) in [7, 11) is -3.86. The highest BCUT2D eigenvalue weighted by Crippen LogP contribution is 2.25. The predicted octanol–water partition coefficient (Wildman–Crippen LogP) is 0.937. The quantitative estimate of drug-likeness (QED) is 0.792. The van der Waals surface area contributed by atoms with Crippen molar-refractivity contribution in [1.29, 1.82) is 0 Å². The molecule has 134 valence electrons. The molecule has 1 atom stereocenters. The number of carbonyl (C=O) groups is 1. The van der Waals surface area contributed by atoms with E-state index in [0.717, 1.165) is 6.07 Å². The van der Waals surface area contributed by atoms with Gasteiger partial charge in [-0.2, -0.15) is 4.31 Å². The molecule has 1 aliphatic rings. The average molecular weight is 357 g/mol. The molecule has 24 heavy (non-hydrogen) atoms. The molecule has 0 spiro atoms. The van der Waals surface area contributed by atoms with Crippen LogP contribution in [0.5, 0.6) is 0 Å². The maximum Gasteiger partial charge on any atom is 0.245 e. The molecule has 2 rings (SSSR count). The molecular formula is C16H24FN3O3S. The van der Waals surface area contributed by atoms with Crippen LogP contribution in [0.15, 0.2) is 29.2 Å². The van der Waals surface area contributed by atoms with Gasteiger partial charge in [-0.05, 0) is 37.4 Å². The van der Waals surface area contributed by atoms with Crippen LogP contribution in [0.4, 0.5) is 4.39 Å². The number of hydrogen-bond acceptors (Lipinski definition) is 4. The Morgan fingerprint density at radius 1 is 1.38 bits per heavy atom. The summed E-state index contributed by atoms with van der Waals surface area (Å²) in [5.74, 6) is -0.844. The molecule has 1 amide bonds. The van der Waals surface area contributed by atoms with Gasteiger partial charge in [0.05, 0.1) is 0 Å². The molecule has 0 radical (unpaired) electrons. The van der Waals surface area contributed by atoms with E-state index in [2.05, 4.69) is 5.32 Å². The van der Waals surface area contributed by atoms with Crippen molar-refractivity contribution in [3.63, 3.8) is 0 Å². The van der Waals surface area contributed by atoms with Gasteiger partial charge in [0.1, 0.15) is 10.7 Å². The van der Waals surface area contributed by atoms with E-state index >= 15 is 0 Å². The first-order chi connectivity index (χ1) is 11.4. The van der Waals surface area contributed by atoms with Crippen LogP contribution in [-0.2, 0) is 14.8 Å². The van der Waals surface area contributed by atoms with Crippen molar-refractivity contribution in [2.45, 2.75) is 24.7 Å². The number of amides is 1. The standard InChI is InChI=1S/C16H24FN3O3S/c1-12(10-18)11-19-16(21)13-6-8-20(9-7-13)24(22,23)15-5-3-2-4-14(15)17/h2-5,12-13H,6-11,18H2,1H3,(H,19,21). The van der Waals surface area contributed by atoms with Crippen LogP contribution in [0.3, 0.4) is 0 Å². The van der Waals surface area contributed by atoms with E-state index in [-0.39, 0.29) is 35.7 Å². The lowest BCUT2D eigenvalue weighted by molar-refractivity contribution is -0.126. The van der Waals surface area contributed by atoms with Crippen LogP contribution in [0.2, 0.25) is 0 Å². The van der Waals surface area contributed by atoms with Crippen molar-refractivity contribution in [2.24, 2.45) is 17.6 Å². The molecule has 1 fully saturated rings. The van der Waals surface area contributed by atoms with Crippen molar-refractivity contribution in [3.8, 4) is 0 Å². The Morgan fingerprint density at radius 2 is 2.00 bits per heavy atom. The zero-order valence-electron chi connectivity index (χ0n) is 13.7. The van der Waals surface area contributed by atoms with E-state index in [1.807, 2.05) is 6.92 Å². The number of sulfonamides is 1. The lowest BCUT2D eigenvalue weighted by Crippen LogP contribution is -2.44. The summed E-state index contributed by atoms with van der Waals surface area (Å²) in [5.41, 5.74) is 5.51. The maximum absolute atomic E-state index is 13.8. The molecule has 0 aliphatic carbocycles. The second-order valence-corrected chi connectivity index (χ2v) is 8.10. The van der Waals surface area contributed by atoms with E-state index in [9.17, 15) is 17.6 Å². The third-order valence-electron chi connectivity index (χ3n) is 4.31. The number of hydrogen-bond donors (Lipinski definition) is 2. The zero-order valence-corrected chi connectivity index (χ0v) is 14.6. The van der Waals surface area contributed by atoms with Crippen LogP contribution in [-0.4, -0.2) is 44.8 Å². The Bertz CT molecular complexity index is 673. The van der Waals surface area contributed by atoms with Crippen molar-refractivity contribution in [2.75, 3.05) is 26.2 Å². The molecule has 1 aromatic carbocycles. The highest BCUT2D eigenvalue weighted by molar-refractivity contribution is 7.89. The number of carbonyl (C=O) groups excluding carboxylic acids is 1. The van der Waals surface area contributed by atoms with Gasteiger partial charge in [0.2, 0.25) is 15.9 Å². The highest BCUT2D eigenvalue weighted by atomic mass is 32.2. The van der Waals surface area contributed by atoms with Crippen LogP contribution >= 0.6 is 0 Å². The van der Waals surface area contributed by atoms with Crippen LogP contribution in [0, 0.1) is 17.7 Å². The number of halogens is 1. The molecule has 0 aromatic heterocycles. The number of piperidine rings is 1. The monoisotopic (exact) mass is 357 g/mol. The number of nitrogens with one attached hydrogen (secondary N) is 1. The first-order valence-corrected chi connectivity index (χ1v) is 9.52. The van der Waals surface area contributed by atoms with E-state index in [1.165, 1.54) is 22.5 Å². The predicted molar refractivity (Wildman–Crippen MR) is 89.1 cm³/mol. The second-order valence-electron chi connectivity index (χ2n) is 6.19. The maximum atomic E-state index is 13.8. The van der Waals surface area contributed by atoms with E-state index in [1.54, 1.807) is 0 Å². The Labute approximate surface area is 142 Å². The smallest absolute Gasteiger partial charge is 0.245 e. The van der Waals surface area contributed by atoms with Crippen LogP contribution in [0.1, 0.15) is 19.8 Å². The minimum atomic E-state index is -3.86. The lowest BCUT2D eigenvalue weighted by Gasteiger charge is -2.30. The van der Waals surface area contributed by atoms with E-state index in [4.69, 9.17) is 5.73 Å². The second kappa shape index (κ2) is 8.04. The van der Waals surface area contributed by atoms with Crippen molar-refractivity contribution in [3.05, 3.63) is 30.1 Å². The van der Waals surface area contributed by atoms with E-state index < -0.39 is 15.8 Å². The molecule has 0 saturated carbocycles. The van der Waals surface area contributed by atoms with Crippen molar-refractivity contribution in [1.82, 2.24) is 9.62 Å². The van der Waals surface area contributed by atoms with Gasteiger partial charge in [-0.15, -0.1) is 0 Å².